The van der Waals surface area contributed by atoms with E-state index < -0.39 is 24.1 Å². The van der Waals surface area contributed by atoms with Gasteiger partial charge in [-0.2, -0.15) is 17.1 Å². The van der Waals surface area contributed by atoms with Gasteiger partial charge in [-0.05, 0) is 0 Å². The van der Waals surface area contributed by atoms with Crippen LogP contribution >= 0.6 is 12.1 Å². The predicted octanol–water partition coefficient (Wildman–Crippen LogP) is 2.17. The topological polar surface area (TPSA) is 0 Å². The quantitative estimate of drug-likeness (QED) is 0.495. The molecule has 0 aromatic carbocycles. The van der Waals surface area contributed by atoms with E-state index in [0.717, 1.165) is 0 Å². The monoisotopic (exact) mass is 134 g/mol. The van der Waals surface area contributed by atoms with E-state index in [1.54, 1.807) is 0 Å². The summed E-state index contributed by atoms with van der Waals surface area (Å²) in [5.74, 6) is -1.41. The molecule has 0 radical (unpaired) electrons. The van der Waals surface area contributed by atoms with Gasteiger partial charge in [-0.15, -0.1) is 0 Å². The van der Waals surface area contributed by atoms with Crippen LogP contribution in [0.25, 0.3) is 0 Å². The summed E-state index contributed by atoms with van der Waals surface area (Å²) >= 11 is -0.716. The molecule has 0 rings (SSSR count). The van der Waals surface area contributed by atoms with E-state index in [4.69, 9.17) is 0 Å². The Bertz CT molecular complexity index is 48.1. The second-order valence-corrected chi connectivity index (χ2v) is 1.38. The lowest BCUT2D eigenvalue weighted by Gasteiger charge is -1.97. The van der Waals surface area contributed by atoms with Crippen LogP contribution in [-0.4, -0.2) is 11.9 Å². The van der Waals surface area contributed by atoms with Crippen molar-refractivity contribution in [1.29, 1.82) is 0 Å². The van der Waals surface area contributed by atoms with Crippen molar-refractivity contribution in [2.75, 3.05) is 5.75 Å². The molecule has 0 fully saturated rings. The molecule has 0 spiro atoms. The maximum atomic E-state index is 10.8. The second kappa shape index (κ2) is 2.40. The summed E-state index contributed by atoms with van der Waals surface area (Å²) in [5, 5.41) is 0. The molecule has 0 saturated carbocycles. The minimum Gasteiger partial charge on any atom is -0.170 e. The third-order valence-electron chi connectivity index (χ3n) is 0.218. The van der Waals surface area contributed by atoms with Crippen molar-refractivity contribution < 1.29 is 17.1 Å². The SMILES string of the molecule is FSCC(F)(F)F. The highest BCUT2D eigenvalue weighted by Gasteiger charge is 2.27. The first-order valence-corrected chi connectivity index (χ1v) is 2.25. The Kier molecular flexibility index (Phi) is 2.42. The first kappa shape index (κ1) is 7.07. The van der Waals surface area contributed by atoms with Crippen LogP contribution in [0.3, 0.4) is 0 Å². The maximum absolute atomic E-state index is 10.8. The van der Waals surface area contributed by atoms with Gasteiger partial charge in [-0.1, -0.05) is 0 Å². The minimum atomic E-state index is -4.36. The van der Waals surface area contributed by atoms with E-state index in [9.17, 15) is 17.1 Å². The van der Waals surface area contributed by atoms with E-state index in [2.05, 4.69) is 0 Å². The van der Waals surface area contributed by atoms with Crippen molar-refractivity contribution >= 4 is 12.1 Å². The lowest BCUT2D eigenvalue weighted by Crippen LogP contribution is -2.09. The zero-order valence-electron chi connectivity index (χ0n) is 3.13. The molecule has 0 aliphatic carbocycles. The van der Waals surface area contributed by atoms with Gasteiger partial charge in [-0.25, -0.2) is 0 Å². The van der Waals surface area contributed by atoms with Gasteiger partial charge in [0.05, 0.1) is 12.1 Å². The van der Waals surface area contributed by atoms with Crippen LogP contribution in [0.5, 0.6) is 0 Å². The molecule has 0 heterocycles. The summed E-state index contributed by atoms with van der Waals surface area (Å²) in [7, 11) is 0. The Labute approximate surface area is 42.2 Å². The van der Waals surface area contributed by atoms with Gasteiger partial charge in [0.15, 0.2) is 0 Å². The van der Waals surface area contributed by atoms with Crippen LogP contribution in [0.4, 0.5) is 17.1 Å². The summed E-state index contributed by atoms with van der Waals surface area (Å²) in [4.78, 5) is 0. The molecule has 0 amide bonds. The fourth-order valence-corrected chi connectivity index (χ4v) is 0.186. The summed E-state index contributed by atoms with van der Waals surface area (Å²) in [6.45, 7) is 0. The first-order chi connectivity index (χ1) is 3.06. The first-order valence-electron chi connectivity index (χ1n) is 1.36. The minimum absolute atomic E-state index is 0.716. The smallest absolute Gasteiger partial charge is 0.170 e. The van der Waals surface area contributed by atoms with E-state index >= 15 is 0 Å². The molecular formula is C2H2F4S. The van der Waals surface area contributed by atoms with Gasteiger partial charge >= 0.3 is 6.18 Å². The highest BCUT2D eigenvalue weighted by atomic mass is 32.2. The zero-order chi connectivity index (χ0) is 5.91. The summed E-state index contributed by atoms with van der Waals surface area (Å²) in [6, 6.07) is 0. The van der Waals surface area contributed by atoms with Crippen molar-refractivity contribution in [3.8, 4) is 0 Å². The Morgan fingerprint density at radius 2 is 1.71 bits per heavy atom. The molecule has 44 valence electrons. The Morgan fingerprint density at radius 3 is 1.71 bits per heavy atom. The molecule has 5 heteroatoms. The zero-order valence-corrected chi connectivity index (χ0v) is 3.94. The largest absolute Gasteiger partial charge is 0.400 e. The average molecular weight is 134 g/mol. The molecule has 0 nitrogen and oxygen atoms in total. The normalized spacial score (nSPS) is 12.0. The van der Waals surface area contributed by atoms with Crippen molar-refractivity contribution in [1.82, 2.24) is 0 Å². The van der Waals surface area contributed by atoms with Crippen molar-refractivity contribution in [2.24, 2.45) is 0 Å². The fourth-order valence-electron chi connectivity index (χ4n) is 0.0619. The second-order valence-electron chi connectivity index (χ2n) is 0.869. The number of alkyl halides is 3. The van der Waals surface area contributed by atoms with Gasteiger partial charge < -0.3 is 0 Å². The predicted molar refractivity (Wildman–Crippen MR) is 19.6 cm³/mol. The maximum Gasteiger partial charge on any atom is 0.400 e. The molecule has 0 saturated heterocycles. The Balaban J connectivity index is 3.15. The summed E-state index contributed by atoms with van der Waals surface area (Å²) in [5.41, 5.74) is 0. The molecule has 0 aromatic rings. The fraction of sp³-hybridized carbons (Fsp3) is 1.00. The Morgan fingerprint density at radius 1 is 1.29 bits per heavy atom. The third kappa shape index (κ3) is 6.07. The van der Waals surface area contributed by atoms with Gasteiger partial charge in [0.2, 0.25) is 0 Å². The van der Waals surface area contributed by atoms with E-state index in [1.165, 1.54) is 0 Å². The number of hydrogen-bond acceptors (Lipinski definition) is 1. The third-order valence-corrected chi connectivity index (χ3v) is 0.655. The lowest BCUT2D eigenvalue weighted by molar-refractivity contribution is -0.105. The Hall–Kier alpha value is 0.0700. The molecule has 0 N–H and O–H groups in total. The van der Waals surface area contributed by atoms with Gasteiger partial charge in [0, 0.05) is 0 Å². The van der Waals surface area contributed by atoms with E-state index in [-0.39, 0.29) is 0 Å². The van der Waals surface area contributed by atoms with Crippen molar-refractivity contribution in [3.05, 3.63) is 0 Å². The molecular weight excluding hydrogens is 132 g/mol. The van der Waals surface area contributed by atoms with Crippen molar-refractivity contribution in [3.63, 3.8) is 0 Å². The van der Waals surface area contributed by atoms with Crippen LogP contribution in [0.2, 0.25) is 0 Å². The van der Waals surface area contributed by atoms with Crippen LogP contribution in [0.15, 0.2) is 0 Å². The standard InChI is InChI=1S/C2H2F4S/c3-2(4,5)1-7-6/h1H2. The van der Waals surface area contributed by atoms with Gasteiger partial charge in [0.1, 0.15) is 5.75 Å². The van der Waals surface area contributed by atoms with E-state index in [0.29, 0.717) is 0 Å². The van der Waals surface area contributed by atoms with Crippen LogP contribution < -0.4 is 0 Å². The van der Waals surface area contributed by atoms with Crippen LogP contribution in [0.1, 0.15) is 0 Å². The number of rotatable bonds is 1. The number of hydrogen-bond donors (Lipinski definition) is 0. The van der Waals surface area contributed by atoms with Crippen LogP contribution in [-0.2, 0) is 0 Å². The molecule has 0 aliphatic heterocycles. The molecule has 0 aromatic heterocycles. The molecule has 0 aliphatic rings. The number of halogens is 4. The van der Waals surface area contributed by atoms with Crippen molar-refractivity contribution in [2.45, 2.75) is 6.18 Å². The highest BCUT2D eigenvalue weighted by Crippen LogP contribution is 2.20. The molecule has 0 bridgehead atoms. The van der Waals surface area contributed by atoms with Crippen LogP contribution in [0, 0.1) is 0 Å². The van der Waals surface area contributed by atoms with E-state index in [1.807, 2.05) is 0 Å². The summed E-state index contributed by atoms with van der Waals surface area (Å²) in [6.07, 6.45) is -4.36. The lowest BCUT2D eigenvalue weighted by atomic mass is 10.8. The highest BCUT2D eigenvalue weighted by molar-refractivity contribution is 7.94. The molecule has 0 unspecified atom stereocenters. The molecule has 0 atom stereocenters. The average Bonchev–Trinajstić information content (AvgIpc) is 1.30. The summed E-state index contributed by atoms with van der Waals surface area (Å²) < 4.78 is 43.1. The van der Waals surface area contributed by atoms with Gasteiger partial charge in [0.25, 0.3) is 0 Å². The van der Waals surface area contributed by atoms with Gasteiger partial charge in [-0.3, -0.25) is 0 Å². The molecule has 7 heavy (non-hydrogen) atoms.